The summed E-state index contributed by atoms with van der Waals surface area (Å²) < 4.78 is 15.0. The summed E-state index contributed by atoms with van der Waals surface area (Å²) in [7, 11) is 6.32. The van der Waals surface area contributed by atoms with Crippen LogP contribution in [0.15, 0.2) is 41.4 Å². The second-order valence-electron chi connectivity index (χ2n) is 7.89. The van der Waals surface area contributed by atoms with Gasteiger partial charge in [-0.25, -0.2) is 9.79 Å². The molecular formula is C23H30BN3O6S. The summed E-state index contributed by atoms with van der Waals surface area (Å²) >= 11 is 1.46. The first-order chi connectivity index (χ1) is 16.3. The number of methoxy groups -OCH3 is 1. The highest BCUT2D eigenvalue weighted by Gasteiger charge is 2.31. The van der Waals surface area contributed by atoms with Crippen molar-refractivity contribution in [1.29, 1.82) is 0 Å². The van der Waals surface area contributed by atoms with E-state index in [9.17, 15) is 14.4 Å². The zero-order valence-corrected chi connectivity index (χ0v) is 20.4. The molecule has 2 heterocycles. The SMILES string of the molecule is [B]OC=N[C@H]1Cc2ccc(cc2)OCC=CCSC[C@@H](C(=O)OC)NC(=O)[C@H](C(C)C)NC1=O. The number of amides is 2. The van der Waals surface area contributed by atoms with Gasteiger partial charge in [0.2, 0.25) is 11.8 Å². The molecule has 2 aliphatic heterocycles. The van der Waals surface area contributed by atoms with Crippen molar-refractivity contribution in [3.63, 3.8) is 0 Å². The highest BCUT2D eigenvalue weighted by atomic mass is 32.2. The third-order valence-electron chi connectivity index (χ3n) is 5.02. The second kappa shape index (κ2) is 14.3. The van der Waals surface area contributed by atoms with Gasteiger partial charge in [0, 0.05) is 17.9 Å². The fourth-order valence-electron chi connectivity index (χ4n) is 3.16. The molecule has 2 bridgehead atoms. The molecule has 11 heteroatoms. The zero-order chi connectivity index (χ0) is 24.9. The molecule has 0 unspecified atom stereocenters. The quantitative estimate of drug-likeness (QED) is 0.216. The lowest BCUT2D eigenvalue weighted by atomic mass is 10.0. The van der Waals surface area contributed by atoms with Crippen LogP contribution in [0.3, 0.4) is 0 Å². The van der Waals surface area contributed by atoms with Crippen LogP contribution in [0.2, 0.25) is 0 Å². The van der Waals surface area contributed by atoms with Gasteiger partial charge in [-0.3, -0.25) is 9.59 Å². The van der Waals surface area contributed by atoms with E-state index in [0.29, 0.717) is 23.9 Å². The minimum atomic E-state index is -0.890. The number of aliphatic imine (C=N–C) groups is 1. The number of hydrogen-bond acceptors (Lipinski definition) is 8. The number of nitrogens with zero attached hydrogens (tertiary/aromatic N) is 1. The fraction of sp³-hybridized carbons (Fsp3) is 0.478. The molecule has 0 aliphatic carbocycles. The van der Waals surface area contributed by atoms with Crippen LogP contribution in [-0.2, 0) is 30.2 Å². The van der Waals surface area contributed by atoms with Gasteiger partial charge in [-0.15, -0.1) is 0 Å². The van der Waals surface area contributed by atoms with Crippen molar-refractivity contribution in [2.45, 2.75) is 38.4 Å². The summed E-state index contributed by atoms with van der Waals surface area (Å²) in [6, 6.07) is 4.68. The van der Waals surface area contributed by atoms with Crippen LogP contribution in [0.4, 0.5) is 0 Å². The Morgan fingerprint density at radius 1 is 1.21 bits per heavy atom. The lowest BCUT2D eigenvalue weighted by Gasteiger charge is -2.25. The molecule has 1 aromatic rings. The molecule has 0 spiro atoms. The Kier molecular flexibility index (Phi) is 11.5. The number of esters is 1. The summed E-state index contributed by atoms with van der Waals surface area (Å²) in [4.78, 5) is 42.4. The molecule has 1 aromatic carbocycles. The van der Waals surface area contributed by atoms with Gasteiger partial charge in [-0.05, 0) is 23.6 Å². The van der Waals surface area contributed by atoms with E-state index in [4.69, 9.17) is 17.5 Å². The van der Waals surface area contributed by atoms with Gasteiger partial charge in [0.15, 0.2) is 6.40 Å². The van der Waals surface area contributed by atoms with Crippen molar-refractivity contribution in [1.82, 2.24) is 10.6 Å². The minimum absolute atomic E-state index is 0.250. The van der Waals surface area contributed by atoms with E-state index in [2.05, 4.69) is 20.3 Å². The number of carbonyl (C=O) groups is 3. The lowest BCUT2D eigenvalue weighted by molar-refractivity contribution is -0.144. The van der Waals surface area contributed by atoms with Gasteiger partial charge in [0.05, 0.1) is 7.11 Å². The first-order valence-corrected chi connectivity index (χ1v) is 12.0. The molecule has 2 radical (unpaired) electrons. The summed E-state index contributed by atoms with van der Waals surface area (Å²) in [6.45, 7) is 3.98. The lowest BCUT2D eigenvalue weighted by Crippen LogP contribution is -2.56. The van der Waals surface area contributed by atoms with Crippen LogP contribution >= 0.6 is 11.8 Å². The van der Waals surface area contributed by atoms with Gasteiger partial charge < -0.3 is 24.8 Å². The molecule has 0 saturated heterocycles. The Hall–Kier alpha value is -2.95. The predicted octanol–water partition coefficient (Wildman–Crippen LogP) is 1.21. The van der Waals surface area contributed by atoms with Gasteiger partial charge in [0.25, 0.3) is 0 Å². The summed E-state index contributed by atoms with van der Waals surface area (Å²) in [6.07, 6.45) is 5.05. The summed E-state index contributed by atoms with van der Waals surface area (Å²) in [5.74, 6) is -0.148. The van der Waals surface area contributed by atoms with Crippen molar-refractivity contribution < 1.29 is 28.5 Å². The molecule has 0 fully saturated rings. The number of nitrogens with one attached hydrogen (secondary N) is 2. The number of benzene rings is 1. The summed E-state index contributed by atoms with van der Waals surface area (Å²) in [5.41, 5.74) is 0.836. The van der Waals surface area contributed by atoms with Crippen LogP contribution in [0.25, 0.3) is 0 Å². The van der Waals surface area contributed by atoms with E-state index in [1.807, 2.05) is 36.4 Å². The van der Waals surface area contributed by atoms with Gasteiger partial charge in [0.1, 0.15) is 30.5 Å². The largest absolute Gasteiger partial charge is 0.560 e. The van der Waals surface area contributed by atoms with Crippen LogP contribution in [0.5, 0.6) is 5.75 Å². The third-order valence-corrected chi connectivity index (χ3v) is 6.01. The topological polar surface area (TPSA) is 115 Å². The number of ether oxygens (including phenoxy) is 2. The first-order valence-electron chi connectivity index (χ1n) is 10.9. The molecule has 182 valence electrons. The maximum Gasteiger partial charge on any atom is 0.375 e. The third kappa shape index (κ3) is 8.77. The molecular weight excluding hydrogens is 457 g/mol. The Morgan fingerprint density at radius 2 is 1.94 bits per heavy atom. The standard InChI is InChI=1S/C23H30BN3O6S/c1-15(2)20-22(29)26-19(23(30)31-3)13-34-11-5-4-10-32-17-8-6-16(7-9-17)12-18(21(28)27-20)25-14-33-24/h4-9,14-15,18-20H,10-13H2,1-3H3,(H,26,29)(H,27,28)/t18-,19-,20-/m0/s1. The van der Waals surface area contributed by atoms with Crippen molar-refractivity contribution in [2.75, 3.05) is 25.2 Å². The average molecular weight is 487 g/mol. The molecule has 0 aromatic heterocycles. The van der Waals surface area contributed by atoms with Crippen LogP contribution in [0, 0.1) is 5.92 Å². The molecule has 3 rings (SSSR count). The highest BCUT2D eigenvalue weighted by molar-refractivity contribution is 7.99. The Labute approximate surface area is 205 Å². The number of rotatable bonds is 4. The molecule has 2 N–H and O–H groups in total. The van der Waals surface area contributed by atoms with E-state index < -0.39 is 35.9 Å². The predicted molar refractivity (Wildman–Crippen MR) is 132 cm³/mol. The zero-order valence-electron chi connectivity index (χ0n) is 19.6. The molecule has 34 heavy (non-hydrogen) atoms. The molecule has 2 aliphatic rings. The number of carbonyl (C=O) groups excluding carboxylic acids is 3. The average Bonchev–Trinajstić information content (AvgIpc) is 2.83. The van der Waals surface area contributed by atoms with Crippen molar-refractivity contribution >= 4 is 44.0 Å². The van der Waals surface area contributed by atoms with Crippen LogP contribution in [-0.4, -0.2) is 75.6 Å². The molecule has 9 nitrogen and oxygen atoms in total. The smallest absolute Gasteiger partial charge is 0.375 e. The van der Waals surface area contributed by atoms with Gasteiger partial charge in [-0.1, -0.05) is 38.1 Å². The molecule has 0 saturated carbocycles. The van der Waals surface area contributed by atoms with E-state index in [0.717, 1.165) is 12.0 Å². The first kappa shape index (κ1) is 27.3. The second-order valence-corrected chi connectivity index (χ2v) is 8.96. The number of hydrogen-bond donors (Lipinski definition) is 2. The number of fused-ring (bicyclic) bond motifs is 15. The molecule has 2 amide bonds. The van der Waals surface area contributed by atoms with Gasteiger partial charge >= 0.3 is 14.0 Å². The van der Waals surface area contributed by atoms with E-state index in [-0.39, 0.29) is 12.3 Å². The Bertz CT molecular complexity index is 878. The van der Waals surface area contributed by atoms with Crippen LogP contribution < -0.4 is 15.4 Å². The monoisotopic (exact) mass is 487 g/mol. The highest BCUT2D eigenvalue weighted by Crippen LogP contribution is 2.16. The number of thioether (sulfide) groups is 1. The van der Waals surface area contributed by atoms with Crippen molar-refractivity contribution in [3.8, 4) is 5.75 Å². The Balaban J connectivity index is 2.32. The normalized spacial score (nSPS) is 22.8. The van der Waals surface area contributed by atoms with Gasteiger partial charge in [-0.2, -0.15) is 11.8 Å². The van der Waals surface area contributed by atoms with Crippen molar-refractivity contribution in [2.24, 2.45) is 10.9 Å². The van der Waals surface area contributed by atoms with E-state index in [1.165, 1.54) is 18.9 Å². The Morgan fingerprint density at radius 3 is 2.59 bits per heavy atom. The van der Waals surface area contributed by atoms with Crippen molar-refractivity contribution in [3.05, 3.63) is 42.0 Å². The summed E-state index contributed by atoms with van der Waals surface area (Å²) in [5, 5.41) is 5.46. The van der Waals surface area contributed by atoms with Crippen LogP contribution in [0.1, 0.15) is 19.4 Å². The maximum atomic E-state index is 13.1. The fourth-order valence-corrected chi connectivity index (χ4v) is 4.02. The van der Waals surface area contributed by atoms with E-state index >= 15 is 0 Å². The van der Waals surface area contributed by atoms with E-state index in [1.54, 1.807) is 13.8 Å². The minimum Gasteiger partial charge on any atom is -0.560 e. The maximum absolute atomic E-state index is 13.1. The molecule has 3 atom stereocenters.